The monoisotopic (exact) mass is 266 g/mol. The van der Waals surface area contributed by atoms with Gasteiger partial charge < -0.3 is 4.74 Å². The number of nitrogens with zero attached hydrogens (tertiary/aromatic N) is 2. The van der Waals surface area contributed by atoms with E-state index in [1.54, 1.807) is 11.8 Å². The van der Waals surface area contributed by atoms with Crippen LogP contribution in [0, 0.1) is 0 Å². The molecule has 0 aliphatic rings. The van der Waals surface area contributed by atoms with Gasteiger partial charge in [0, 0.05) is 12.6 Å². The molecule has 1 aromatic heterocycles. The van der Waals surface area contributed by atoms with Gasteiger partial charge in [0.05, 0.1) is 13.3 Å². The molecule has 0 aliphatic heterocycles. The second-order valence-electron chi connectivity index (χ2n) is 3.20. The van der Waals surface area contributed by atoms with Crippen molar-refractivity contribution in [3.05, 3.63) is 35.1 Å². The standard InChI is InChI=1S/C11H11BrN2O/c1-14-11(12)10(7-13-14)8-4-3-5-9(6-8)15-2/h3-7H,1-2H3. The number of rotatable bonds is 2. The minimum atomic E-state index is 0.850. The van der Waals surface area contributed by atoms with E-state index in [1.165, 1.54) is 0 Å². The van der Waals surface area contributed by atoms with E-state index in [9.17, 15) is 0 Å². The Labute approximate surface area is 96.8 Å². The predicted octanol–water partition coefficient (Wildman–Crippen LogP) is 2.86. The van der Waals surface area contributed by atoms with Gasteiger partial charge in [0.2, 0.25) is 0 Å². The average Bonchev–Trinajstić information content (AvgIpc) is 2.60. The minimum Gasteiger partial charge on any atom is -0.497 e. The van der Waals surface area contributed by atoms with Gasteiger partial charge in [0.25, 0.3) is 0 Å². The van der Waals surface area contributed by atoms with Gasteiger partial charge in [-0.1, -0.05) is 12.1 Å². The van der Waals surface area contributed by atoms with E-state index in [2.05, 4.69) is 21.0 Å². The first-order valence-electron chi connectivity index (χ1n) is 4.54. The van der Waals surface area contributed by atoms with E-state index in [0.717, 1.165) is 21.5 Å². The molecule has 15 heavy (non-hydrogen) atoms. The molecule has 0 radical (unpaired) electrons. The van der Waals surface area contributed by atoms with Gasteiger partial charge in [-0.05, 0) is 33.6 Å². The third-order valence-electron chi connectivity index (χ3n) is 2.25. The van der Waals surface area contributed by atoms with Gasteiger partial charge >= 0.3 is 0 Å². The molecule has 0 spiro atoms. The number of halogens is 1. The molecule has 0 saturated heterocycles. The lowest BCUT2D eigenvalue weighted by Crippen LogP contribution is -1.89. The Hall–Kier alpha value is -1.29. The van der Waals surface area contributed by atoms with Gasteiger partial charge in [0.1, 0.15) is 10.4 Å². The zero-order valence-electron chi connectivity index (χ0n) is 8.57. The molecule has 0 amide bonds. The summed E-state index contributed by atoms with van der Waals surface area (Å²) in [6, 6.07) is 7.91. The second kappa shape index (κ2) is 4.06. The van der Waals surface area contributed by atoms with Crippen LogP contribution in [0.2, 0.25) is 0 Å². The lowest BCUT2D eigenvalue weighted by atomic mass is 10.1. The van der Waals surface area contributed by atoms with Gasteiger partial charge in [-0.15, -0.1) is 0 Å². The van der Waals surface area contributed by atoms with Crippen LogP contribution in [-0.4, -0.2) is 16.9 Å². The quantitative estimate of drug-likeness (QED) is 0.836. The Morgan fingerprint density at radius 2 is 2.20 bits per heavy atom. The lowest BCUT2D eigenvalue weighted by molar-refractivity contribution is 0.415. The summed E-state index contributed by atoms with van der Waals surface area (Å²) in [7, 11) is 3.56. The molecule has 0 saturated carbocycles. The SMILES string of the molecule is COc1cccc(-c2cnn(C)c2Br)c1. The normalized spacial score (nSPS) is 10.3. The van der Waals surface area contributed by atoms with Crippen molar-refractivity contribution < 1.29 is 4.74 Å². The molecule has 1 aromatic carbocycles. The van der Waals surface area contributed by atoms with Crippen molar-refractivity contribution in [3.8, 4) is 16.9 Å². The Kier molecular flexibility index (Phi) is 2.77. The average molecular weight is 267 g/mol. The predicted molar refractivity (Wildman–Crippen MR) is 62.9 cm³/mol. The molecule has 78 valence electrons. The van der Waals surface area contributed by atoms with E-state index >= 15 is 0 Å². The maximum atomic E-state index is 5.18. The van der Waals surface area contributed by atoms with Crippen LogP contribution in [0.25, 0.3) is 11.1 Å². The van der Waals surface area contributed by atoms with Crippen LogP contribution in [0.1, 0.15) is 0 Å². The summed E-state index contributed by atoms with van der Waals surface area (Å²) in [5, 5.41) is 4.18. The molecule has 0 bridgehead atoms. The highest BCUT2D eigenvalue weighted by molar-refractivity contribution is 9.10. The minimum absolute atomic E-state index is 0.850. The number of methoxy groups -OCH3 is 1. The fourth-order valence-corrected chi connectivity index (χ4v) is 1.83. The second-order valence-corrected chi connectivity index (χ2v) is 3.96. The largest absolute Gasteiger partial charge is 0.497 e. The number of aromatic nitrogens is 2. The molecule has 4 heteroatoms. The molecular weight excluding hydrogens is 256 g/mol. The van der Waals surface area contributed by atoms with E-state index in [4.69, 9.17) is 4.74 Å². The maximum absolute atomic E-state index is 5.18. The number of hydrogen-bond donors (Lipinski definition) is 0. The summed E-state index contributed by atoms with van der Waals surface area (Å²) in [4.78, 5) is 0. The van der Waals surface area contributed by atoms with Crippen LogP contribution in [0.4, 0.5) is 0 Å². The Balaban J connectivity index is 2.49. The van der Waals surface area contributed by atoms with Crippen molar-refractivity contribution in [1.82, 2.24) is 9.78 Å². The van der Waals surface area contributed by atoms with Gasteiger partial charge in [0.15, 0.2) is 0 Å². The summed E-state index contributed by atoms with van der Waals surface area (Å²) < 4.78 is 7.94. The van der Waals surface area contributed by atoms with Crippen LogP contribution < -0.4 is 4.74 Å². The fourth-order valence-electron chi connectivity index (χ4n) is 1.41. The van der Waals surface area contributed by atoms with E-state index < -0.39 is 0 Å². The van der Waals surface area contributed by atoms with Crippen LogP contribution >= 0.6 is 15.9 Å². The molecule has 0 atom stereocenters. The van der Waals surface area contributed by atoms with Crippen molar-refractivity contribution in [2.45, 2.75) is 0 Å². The third kappa shape index (κ3) is 1.90. The molecule has 1 heterocycles. The van der Waals surface area contributed by atoms with Crippen LogP contribution in [0.3, 0.4) is 0 Å². The smallest absolute Gasteiger partial charge is 0.119 e. The topological polar surface area (TPSA) is 27.1 Å². The summed E-state index contributed by atoms with van der Waals surface area (Å²) in [6.45, 7) is 0. The number of benzene rings is 1. The molecular formula is C11H11BrN2O. The Morgan fingerprint density at radius 1 is 1.40 bits per heavy atom. The maximum Gasteiger partial charge on any atom is 0.119 e. The summed E-state index contributed by atoms with van der Waals surface area (Å²) in [6.07, 6.45) is 1.83. The first-order valence-corrected chi connectivity index (χ1v) is 5.33. The number of ether oxygens (including phenoxy) is 1. The molecule has 0 unspecified atom stereocenters. The zero-order valence-corrected chi connectivity index (χ0v) is 10.2. The van der Waals surface area contributed by atoms with Crippen molar-refractivity contribution >= 4 is 15.9 Å². The van der Waals surface area contributed by atoms with Crippen molar-refractivity contribution in [2.24, 2.45) is 7.05 Å². The molecule has 2 aromatic rings. The molecule has 0 N–H and O–H groups in total. The number of hydrogen-bond acceptors (Lipinski definition) is 2. The number of aryl methyl sites for hydroxylation is 1. The van der Waals surface area contributed by atoms with Gasteiger partial charge in [-0.3, -0.25) is 4.68 Å². The fraction of sp³-hybridized carbons (Fsp3) is 0.182. The first kappa shape index (κ1) is 10.2. The zero-order chi connectivity index (χ0) is 10.8. The molecule has 0 aliphatic carbocycles. The van der Waals surface area contributed by atoms with Crippen molar-refractivity contribution in [2.75, 3.05) is 7.11 Å². The summed E-state index contributed by atoms with van der Waals surface area (Å²) >= 11 is 3.49. The Bertz CT molecular complexity index is 479. The lowest BCUT2D eigenvalue weighted by Gasteiger charge is -2.03. The first-order chi connectivity index (χ1) is 7.22. The summed E-state index contributed by atoms with van der Waals surface area (Å²) in [5.74, 6) is 0.850. The van der Waals surface area contributed by atoms with Gasteiger partial charge in [-0.2, -0.15) is 5.10 Å². The Morgan fingerprint density at radius 3 is 2.80 bits per heavy atom. The van der Waals surface area contributed by atoms with Crippen LogP contribution in [-0.2, 0) is 7.05 Å². The van der Waals surface area contributed by atoms with E-state index in [-0.39, 0.29) is 0 Å². The van der Waals surface area contributed by atoms with Crippen molar-refractivity contribution in [1.29, 1.82) is 0 Å². The highest BCUT2D eigenvalue weighted by Gasteiger charge is 2.07. The van der Waals surface area contributed by atoms with Crippen molar-refractivity contribution in [3.63, 3.8) is 0 Å². The molecule has 2 rings (SSSR count). The van der Waals surface area contributed by atoms with E-state index in [0.29, 0.717) is 0 Å². The van der Waals surface area contributed by atoms with Gasteiger partial charge in [-0.25, -0.2) is 0 Å². The highest BCUT2D eigenvalue weighted by Crippen LogP contribution is 2.29. The van der Waals surface area contributed by atoms with Crippen LogP contribution in [0.15, 0.2) is 35.1 Å². The van der Waals surface area contributed by atoms with E-state index in [1.807, 2.05) is 37.5 Å². The van der Waals surface area contributed by atoms with Crippen LogP contribution in [0.5, 0.6) is 5.75 Å². The highest BCUT2D eigenvalue weighted by atomic mass is 79.9. The molecule has 3 nitrogen and oxygen atoms in total. The molecule has 0 fully saturated rings. The summed E-state index contributed by atoms with van der Waals surface area (Å²) in [5.41, 5.74) is 2.16. The third-order valence-corrected chi connectivity index (χ3v) is 3.19.